The predicted octanol–water partition coefficient (Wildman–Crippen LogP) is 3.57. The van der Waals surface area contributed by atoms with E-state index in [1.165, 1.54) is 0 Å². The van der Waals surface area contributed by atoms with E-state index in [4.69, 9.17) is 4.74 Å². The molecule has 2 aromatic carbocycles. The van der Waals surface area contributed by atoms with Crippen molar-refractivity contribution in [3.63, 3.8) is 0 Å². The molecule has 2 aromatic rings. The molecule has 2 atom stereocenters. The number of piperidine rings is 1. The zero-order valence-corrected chi connectivity index (χ0v) is 14.3. The standard InChI is InChI=1S/C20H21NO4/c1-13-3-7-15(8-4-13)21-18(22)12-11-17(20(23)24)19(21)14-5-9-16(25-2)10-6-14/h3-10,17,19H,11-12H2,1-2H3,(H,23,24). The van der Waals surface area contributed by atoms with Crippen molar-refractivity contribution in [1.29, 1.82) is 0 Å². The van der Waals surface area contributed by atoms with E-state index in [0.717, 1.165) is 16.8 Å². The first-order chi connectivity index (χ1) is 12.0. The maximum absolute atomic E-state index is 12.7. The number of carboxylic acids is 1. The highest BCUT2D eigenvalue weighted by atomic mass is 16.5. The van der Waals surface area contributed by atoms with Crippen LogP contribution in [0.25, 0.3) is 0 Å². The lowest BCUT2D eigenvalue weighted by Crippen LogP contribution is -2.45. The Morgan fingerprint density at radius 3 is 2.32 bits per heavy atom. The SMILES string of the molecule is COc1ccc(C2C(C(=O)O)CCC(=O)N2c2ccc(C)cc2)cc1. The van der Waals surface area contributed by atoms with Crippen LogP contribution < -0.4 is 9.64 Å². The molecule has 1 amide bonds. The van der Waals surface area contributed by atoms with Crippen LogP contribution in [0.2, 0.25) is 0 Å². The molecule has 1 aliphatic rings. The van der Waals surface area contributed by atoms with Gasteiger partial charge in [-0.3, -0.25) is 9.59 Å². The van der Waals surface area contributed by atoms with E-state index in [1.54, 1.807) is 24.1 Å². The minimum absolute atomic E-state index is 0.0535. The van der Waals surface area contributed by atoms with Gasteiger partial charge in [0.2, 0.25) is 5.91 Å². The van der Waals surface area contributed by atoms with Crippen LogP contribution >= 0.6 is 0 Å². The molecule has 5 nitrogen and oxygen atoms in total. The molecule has 130 valence electrons. The third kappa shape index (κ3) is 3.36. The molecule has 0 bridgehead atoms. The Balaban J connectivity index is 2.07. The van der Waals surface area contributed by atoms with Crippen LogP contribution in [0.15, 0.2) is 48.5 Å². The minimum atomic E-state index is -0.884. The lowest BCUT2D eigenvalue weighted by atomic mass is 9.84. The van der Waals surface area contributed by atoms with E-state index < -0.39 is 17.9 Å². The topological polar surface area (TPSA) is 66.8 Å². The van der Waals surface area contributed by atoms with Gasteiger partial charge in [-0.15, -0.1) is 0 Å². The van der Waals surface area contributed by atoms with E-state index in [2.05, 4.69) is 0 Å². The van der Waals surface area contributed by atoms with Crippen LogP contribution in [0.4, 0.5) is 5.69 Å². The summed E-state index contributed by atoms with van der Waals surface area (Å²) < 4.78 is 5.18. The largest absolute Gasteiger partial charge is 0.497 e. The number of carbonyl (C=O) groups excluding carboxylic acids is 1. The third-order valence-electron chi connectivity index (χ3n) is 4.68. The second kappa shape index (κ2) is 6.97. The molecular formula is C20H21NO4. The average molecular weight is 339 g/mol. The highest BCUT2D eigenvalue weighted by Gasteiger charge is 2.41. The van der Waals surface area contributed by atoms with Crippen LogP contribution in [0.1, 0.15) is 30.0 Å². The molecule has 1 saturated heterocycles. The van der Waals surface area contributed by atoms with E-state index in [-0.39, 0.29) is 12.3 Å². The summed E-state index contributed by atoms with van der Waals surface area (Å²) in [5.74, 6) is -0.889. The summed E-state index contributed by atoms with van der Waals surface area (Å²) in [5.41, 5.74) is 2.60. The van der Waals surface area contributed by atoms with Gasteiger partial charge in [-0.05, 0) is 43.2 Å². The van der Waals surface area contributed by atoms with Gasteiger partial charge in [-0.2, -0.15) is 0 Å². The summed E-state index contributed by atoms with van der Waals surface area (Å²) in [4.78, 5) is 26.1. The van der Waals surface area contributed by atoms with Crippen molar-refractivity contribution in [2.24, 2.45) is 5.92 Å². The van der Waals surface area contributed by atoms with E-state index in [9.17, 15) is 14.7 Å². The number of hydrogen-bond donors (Lipinski definition) is 1. The molecule has 0 aliphatic carbocycles. The van der Waals surface area contributed by atoms with Crippen LogP contribution in [0.3, 0.4) is 0 Å². The fourth-order valence-corrected chi connectivity index (χ4v) is 3.34. The number of benzene rings is 2. The number of hydrogen-bond acceptors (Lipinski definition) is 3. The molecule has 1 heterocycles. The zero-order chi connectivity index (χ0) is 18.0. The van der Waals surface area contributed by atoms with Gasteiger partial charge in [-0.25, -0.2) is 0 Å². The highest BCUT2D eigenvalue weighted by Crippen LogP contribution is 2.40. The van der Waals surface area contributed by atoms with Gasteiger partial charge in [0.1, 0.15) is 5.75 Å². The van der Waals surface area contributed by atoms with Crippen molar-refractivity contribution in [2.45, 2.75) is 25.8 Å². The Morgan fingerprint density at radius 1 is 1.12 bits per heavy atom. The van der Waals surface area contributed by atoms with E-state index in [1.807, 2.05) is 43.3 Å². The number of carboxylic acid groups (broad SMARTS) is 1. The Kier molecular flexibility index (Phi) is 4.74. The number of anilines is 1. The quantitative estimate of drug-likeness (QED) is 0.925. The fourth-order valence-electron chi connectivity index (χ4n) is 3.34. The van der Waals surface area contributed by atoms with Gasteiger partial charge in [-0.1, -0.05) is 29.8 Å². The molecule has 1 aliphatic heterocycles. The summed E-state index contributed by atoms with van der Waals surface area (Å²) >= 11 is 0. The second-order valence-corrected chi connectivity index (χ2v) is 6.30. The van der Waals surface area contributed by atoms with Crippen molar-refractivity contribution in [3.05, 3.63) is 59.7 Å². The molecule has 2 unspecified atom stereocenters. The average Bonchev–Trinajstić information content (AvgIpc) is 2.62. The number of nitrogens with zero attached hydrogens (tertiary/aromatic N) is 1. The molecular weight excluding hydrogens is 318 g/mol. The van der Waals surface area contributed by atoms with Crippen molar-refractivity contribution < 1.29 is 19.4 Å². The maximum atomic E-state index is 12.7. The molecule has 3 rings (SSSR count). The fraction of sp³-hybridized carbons (Fsp3) is 0.300. The van der Waals surface area contributed by atoms with E-state index in [0.29, 0.717) is 12.2 Å². The van der Waals surface area contributed by atoms with Crippen LogP contribution in [0, 0.1) is 12.8 Å². The number of aryl methyl sites for hydroxylation is 1. The monoisotopic (exact) mass is 339 g/mol. The van der Waals surface area contributed by atoms with Crippen molar-refractivity contribution in [2.75, 3.05) is 12.0 Å². The molecule has 0 saturated carbocycles. The molecule has 0 radical (unpaired) electrons. The van der Waals surface area contributed by atoms with Gasteiger partial charge >= 0.3 is 5.97 Å². The zero-order valence-electron chi connectivity index (χ0n) is 14.3. The van der Waals surface area contributed by atoms with Gasteiger partial charge in [0, 0.05) is 12.1 Å². The number of amides is 1. The van der Waals surface area contributed by atoms with Crippen LogP contribution in [-0.4, -0.2) is 24.1 Å². The Labute approximate surface area is 146 Å². The number of aliphatic carboxylic acids is 1. The first kappa shape index (κ1) is 17.0. The summed E-state index contributed by atoms with van der Waals surface area (Å²) in [5, 5.41) is 9.70. The maximum Gasteiger partial charge on any atom is 0.308 e. The summed E-state index contributed by atoms with van der Waals surface area (Å²) in [6, 6.07) is 14.3. The normalized spacial score (nSPS) is 20.4. The van der Waals surface area contributed by atoms with Crippen molar-refractivity contribution >= 4 is 17.6 Å². The molecule has 25 heavy (non-hydrogen) atoms. The summed E-state index contributed by atoms with van der Waals surface area (Å²) in [6.45, 7) is 1.98. The smallest absolute Gasteiger partial charge is 0.308 e. The first-order valence-electron chi connectivity index (χ1n) is 8.26. The van der Waals surface area contributed by atoms with Crippen LogP contribution in [0.5, 0.6) is 5.75 Å². The second-order valence-electron chi connectivity index (χ2n) is 6.30. The number of methoxy groups -OCH3 is 1. The molecule has 0 spiro atoms. The van der Waals surface area contributed by atoms with Crippen molar-refractivity contribution in [3.8, 4) is 5.75 Å². The number of carbonyl (C=O) groups is 2. The van der Waals surface area contributed by atoms with Gasteiger partial charge < -0.3 is 14.7 Å². The Morgan fingerprint density at radius 2 is 1.76 bits per heavy atom. The Hall–Kier alpha value is -2.82. The summed E-state index contributed by atoms with van der Waals surface area (Å²) in [7, 11) is 1.58. The number of rotatable bonds is 4. The minimum Gasteiger partial charge on any atom is -0.497 e. The molecule has 5 heteroatoms. The van der Waals surface area contributed by atoms with E-state index >= 15 is 0 Å². The van der Waals surface area contributed by atoms with Gasteiger partial charge in [0.15, 0.2) is 0 Å². The lowest BCUT2D eigenvalue weighted by molar-refractivity contribution is -0.144. The third-order valence-corrected chi connectivity index (χ3v) is 4.68. The summed E-state index contributed by atoms with van der Waals surface area (Å²) in [6.07, 6.45) is 0.574. The predicted molar refractivity (Wildman–Crippen MR) is 94.8 cm³/mol. The van der Waals surface area contributed by atoms with Crippen molar-refractivity contribution in [1.82, 2.24) is 0 Å². The molecule has 1 N–H and O–H groups in total. The Bertz CT molecular complexity index is 767. The number of ether oxygens (including phenoxy) is 1. The van der Waals surface area contributed by atoms with Gasteiger partial charge in [0.25, 0.3) is 0 Å². The molecule has 1 fully saturated rings. The highest BCUT2D eigenvalue weighted by molar-refractivity contribution is 5.96. The lowest BCUT2D eigenvalue weighted by Gasteiger charge is -2.40. The molecule has 0 aromatic heterocycles. The van der Waals surface area contributed by atoms with Crippen LogP contribution in [-0.2, 0) is 9.59 Å². The van der Waals surface area contributed by atoms with Gasteiger partial charge in [0.05, 0.1) is 19.1 Å². The first-order valence-corrected chi connectivity index (χ1v) is 8.26.